The van der Waals surface area contributed by atoms with Gasteiger partial charge < -0.3 is 5.11 Å². The molecule has 0 unspecified atom stereocenters. The lowest BCUT2D eigenvalue weighted by molar-refractivity contribution is -0.143. The summed E-state index contributed by atoms with van der Waals surface area (Å²) >= 11 is 0. The standard InChI is InChI=1S/C27H42O2/c1-21-13-14-22(2)24(12-8-6-10-16-27(19-20-27)25(28)29)23(21)11-7-4-5-9-15-26(3)17-18-26/h13-14H,4-12,15-20H2,1-3H3,(H,28,29). The molecule has 2 heteroatoms. The highest BCUT2D eigenvalue weighted by Crippen LogP contribution is 2.50. The molecule has 1 aromatic rings. The summed E-state index contributed by atoms with van der Waals surface area (Å²) in [6.07, 6.45) is 18.3. The predicted molar refractivity (Wildman–Crippen MR) is 122 cm³/mol. The van der Waals surface area contributed by atoms with Crippen LogP contribution in [0.2, 0.25) is 0 Å². The molecule has 0 heterocycles. The fraction of sp³-hybridized carbons (Fsp3) is 0.741. The van der Waals surface area contributed by atoms with Crippen molar-refractivity contribution in [3.8, 4) is 0 Å². The molecular weight excluding hydrogens is 356 g/mol. The van der Waals surface area contributed by atoms with Crippen LogP contribution >= 0.6 is 0 Å². The summed E-state index contributed by atoms with van der Waals surface area (Å²) < 4.78 is 0. The van der Waals surface area contributed by atoms with E-state index >= 15 is 0 Å². The zero-order valence-corrected chi connectivity index (χ0v) is 19.1. The molecule has 2 saturated carbocycles. The van der Waals surface area contributed by atoms with Crippen molar-refractivity contribution in [1.82, 2.24) is 0 Å². The van der Waals surface area contributed by atoms with Gasteiger partial charge in [0.2, 0.25) is 0 Å². The van der Waals surface area contributed by atoms with E-state index in [-0.39, 0.29) is 5.41 Å². The monoisotopic (exact) mass is 398 g/mol. The molecule has 1 aromatic carbocycles. The Kier molecular flexibility index (Phi) is 7.46. The van der Waals surface area contributed by atoms with Gasteiger partial charge in [-0.2, -0.15) is 0 Å². The number of benzene rings is 1. The van der Waals surface area contributed by atoms with E-state index in [9.17, 15) is 9.90 Å². The van der Waals surface area contributed by atoms with Gasteiger partial charge in [-0.1, -0.05) is 51.2 Å². The third-order valence-corrected chi connectivity index (χ3v) is 7.85. The summed E-state index contributed by atoms with van der Waals surface area (Å²) in [5.74, 6) is -0.569. The zero-order chi connectivity index (χ0) is 20.9. The zero-order valence-electron chi connectivity index (χ0n) is 19.1. The molecule has 1 N–H and O–H groups in total. The van der Waals surface area contributed by atoms with Crippen molar-refractivity contribution in [3.05, 3.63) is 34.4 Å². The van der Waals surface area contributed by atoms with Crippen LogP contribution in [0, 0.1) is 24.7 Å². The van der Waals surface area contributed by atoms with E-state index in [1.807, 2.05) is 0 Å². The van der Waals surface area contributed by atoms with Crippen molar-refractivity contribution >= 4 is 5.97 Å². The quantitative estimate of drug-likeness (QED) is 0.328. The van der Waals surface area contributed by atoms with Crippen molar-refractivity contribution in [3.63, 3.8) is 0 Å². The summed E-state index contributed by atoms with van der Waals surface area (Å²) in [6.45, 7) is 6.98. The summed E-state index contributed by atoms with van der Waals surface area (Å²) in [6, 6.07) is 4.58. The molecule has 0 spiro atoms. The fourth-order valence-electron chi connectivity index (χ4n) is 4.96. The number of aliphatic carboxylic acids is 1. The van der Waals surface area contributed by atoms with Crippen molar-refractivity contribution in [2.45, 2.75) is 117 Å². The average Bonchev–Trinajstić information content (AvgIpc) is 3.60. The Morgan fingerprint density at radius 3 is 1.76 bits per heavy atom. The van der Waals surface area contributed by atoms with E-state index in [1.165, 1.54) is 68.9 Å². The highest BCUT2D eigenvalue weighted by Gasteiger charge is 2.49. The van der Waals surface area contributed by atoms with Crippen LogP contribution < -0.4 is 0 Å². The largest absolute Gasteiger partial charge is 0.481 e. The molecule has 0 bridgehead atoms. The van der Waals surface area contributed by atoms with Gasteiger partial charge in [-0.15, -0.1) is 0 Å². The Bertz CT molecular complexity index is 695. The van der Waals surface area contributed by atoms with Gasteiger partial charge >= 0.3 is 5.97 Å². The lowest BCUT2D eigenvalue weighted by Gasteiger charge is -2.16. The second-order valence-corrected chi connectivity index (χ2v) is 10.5. The first-order valence-corrected chi connectivity index (χ1v) is 12.2. The molecule has 3 rings (SSSR count). The van der Waals surface area contributed by atoms with E-state index in [0.717, 1.165) is 38.5 Å². The lowest BCUT2D eigenvalue weighted by atomic mass is 9.89. The number of hydrogen-bond donors (Lipinski definition) is 1. The molecule has 2 aliphatic carbocycles. The van der Waals surface area contributed by atoms with E-state index in [1.54, 1.807) is 11.1 Å². The van der Waals surface area contributed by atoms with Crippen LogP contribution in [0.3, 0.4) is 0 Å². The molecule has 0 amide bonds. The van der Waals surface area contributed by atoms with Gasteiger partial charge in [0.25, 0.3) is 0 Å². The van der Waals surface area contributed by atoms with Gasteiger partial charge in [-0.3, -0.25) is 4.79 Å². The van der Waals surface area contributed by atoms with E-state index in [0.29, 0.717) is 5.41 Å². The smallest absolute Gasteiger partial charge is 0.309 e. The Labute approximate surface area is 178 Å². The molecule has 0 radical (unpaired) electrons. The van der Waals surface area contributed by atoms with Crippen molar-refractivity contribution in [1.29, 1.82) is 0 Å². The van der Waals surface area contributed by atoms with E-state index in [2.05, 4.69) is 32.9 Å². The average molecular weight is 399 g/mol. The number of hydrogen-bond acceptors (Lipinski definition) is 1. The van der Waals surface area contributed by atoms with Crippen molar-refractivity contribution < 1.29 is 9.90 Å². The molecule has 2 fully saturated rings. The number of carboxylic acids is 1. The molecule has 2 aliphatic rings. The highest BCUT2D eigenvalue weighted by atomic mass is 16.4. The fourth-order valence-corrected chi connectivity index (χ4v) is 4.96. The Morgan fingerprint density at radius 2 is 1.28 bits per heavy atom. The molecule has 2 nitrogen and oxygen atoms in total. The van der Waals surface area contributed by atoms with Crippen molar-refractivity contribution in [2.75, 3.05) is 0 Å². The van der Waals surface area contributed by atoms with Gasteiger partial charge in [0, 0.05) is 0 Å². The second-order valence-electron chi connectivity index (χ2n) is 10.5. The Morgan fingerprint density at radius 1 is 0.793 bits per heavy atom. The molecule has 0 aliphatic heterocycles. The van der Waals surface area contributed by atoms with Crippen LogP contribution in [0.25, 0.3) is 0 Å². The summed E-state index contributed by atoms with van der Waals surface area (Å²) in [5, 5.41) is 9.32. The number of aryl methyl sites for hydroxylation is 2. The van der Waals surface area contributed by atoms with Gasteiger partial charge in [-0.05, 0) is 106 Å². The van der Waals surface area contributed by atoms with Crippen LogP contribution in [0.1, 0.15) is 113 Å². The number of rotatable bonds is 14. The minimum absolute atomic E-state index is 0.346. The Hall–Kier alpha value is -1.31. The lowest BCUT2D eigenvalue weighted by Crippen LogP contribution is -2.14. The van der Waals surface area contributed by atoms with Crippen LogP contribution in [0.4, 0.5) is 0 Å². The summed E-state index contributed by atoms with van der Waals surface area (Å²) in [7, 11) is 0. The SMILES string of the molecule is Cc1ccc(C)c(CCCCCC2(C(=O)O)CC2)c1CCCCCCC1(C)CC1. The van der Waals surface area contributed by atoms with Gasteiger partial charge in [-0.25, -0.2) is 0 Å². The molecule has 0 aromatic heterocycles. The third kappa shape index (κ3) is 6.33. The van der Waals surface area contributed by atoms with Crippen LogP contribution in [-0.4, -0.2) is 11.1 Å². The summed E-state index contributed by atoms with van der Waals surface area (Å²) in [4.78, 5) is 11.3. The normalized spacial score (nSPS) is 18.6. The molecular formula is C27H42O2. The van der Waals surface area contributed by atoms with E-state index in [4.69, 9.17) is 0 Å². The van der Waals surface area contributed by atoms with Crippen LogP contribution in [0.15, 0.2) is 12.1 Å². The summed E-state index contributed by atoms with van der Waals surface area (Å²) in [5.41, 5.74) is 6.44. The van der Waals surface area contributed by atoms with Gasteiger partial charge in [0.05, 0.1) is 5.41 Å². The van der Waals surface area contributed by atoms with Crippen LogP contribution in [-0.2, 0) is 17.6 Å². The second kappa shape index (κ2) is 9.67. The minimum Gasteiger partial charge on any atom is -0.481 e. The van der Waals surface area contributed by atoms with Crippen molar-refractivity contribution in [2.24, 2.45) is 10.8 Å². The number of carbonyl (C=O) groups is 1. The first-order valence-electron chi connectivity index (χ1n) is 12.2. The maximum atomic E-state index is 11.3. The number of carboxylic acid groups (broad SMARTS) is 1. The molecule has 162 valence electrons. The Balaban J connectivity index is 1.40. The predicted octanol–water partition coefficient (Wildman–Crippen LogP) is 7.56. The van der Waals surface area contributed by atoms with Crippen LogP contribution in [0.5, 0.6) is 0 Å². The first kappa shape index (κ1) is 22.4. The molecule has 0 atom stereocenters. The maximum absolute atomic E-state index is 11.3. The third-order valence-electron chi connectivity index (χ3n) is 7.85. The van der Waals surface area contributed by atoms with Gasteiger partial charge in [0.1, 0.15) is 0 Å². The molecule has 0 saturated heterocycles. The van der Waals surface area contributed by atoms with E-state index < -0.39 is 5.97 Å². The highest BCUT2D eigenvalue weighted by molar-refractivity contribution is 5.77. The first-order chi connectivity index (χ1) is 13.9. The number of unbranched alkanes of at least 4 members (excludes halogenated alkanes) is 5. The maximum Gasteiger partial charge on any atom is 0.309 e. The molecule has 29 heavy (non-hydrogen) atoms. The van der Waals surface area contributed by atoms with Gasteiger partial charge in [0.15, 0.2) is 0 Å². The minimum atomic E-state index is -0.569. The topological polar surface area (TPSA) is 37.3 Å².